The summed E-state index contributed by atoms with van der Waals surface area (Å²) in [4.78, 5) is 22.3. The van der Waals surface area contributed by atoms with E-state index in [2.05, 4.69) is 15.5 Å². The van der Waals surface area contributed by atoms with Gasteiger partial charge >= 0.3 is 5.97 Å². The van der Waals surface area contributed by atoms with Gasteiger partial charge in [-0.15, -0.1) is 10.2 Å². The van der Waals surface area contributed by atoms with Gasteiger partial charge in [0.15, 0.2) is 4.34 Å². The van der Waals surface area contributed by atoms with Gasteiger partial charge in [-0.25, -0.2) is 0 Å². The van der Waals surface area contributed by atoms with E-state index in [-0.39, 0.29) is 11.7 Å². The van der Waals surface area contributed by atoms with Crippen molar-refractivity contribution in [1.82, 2.24) is 10.2 Å². The lowest BCUT2D eigenvalue weighted by atomic mass is 10.2. The molecule has 1 aromatic carbocycles. The molecule has 1 aromatic heterocycles. The number of nitrogens with zero attached hydrogens (tertiary/aromatic N) is 2. The van der Waals surface area contributed by atoms with E-state index in [4.69, 9.17) is 16.7 Å². The van der Waals surface area contributed by atoms with Gasteiger partial charge in [-0.05, 0) is 18.2 Å². The Kier molecular flexibility index (Phi) is 4.94. The SMILES string of the molecule is O=C(O)CSc1nnc(NC(=O)c2cccc(Cl)c2)s1. The van der Waals surface area contributed by atoms with Gasteiger partial charge in [0.1, 0.15) is 0 Å². The molecule has 0 saturated heterocycles. The molecule has 20 heavy (non-hydrogen) atoms. The van der Waals surface area contributed by atoms with E-state index in [1.54, 1.807) is 18.2 Å². The molecule has 104 valence electrons. The highest BCUT2D eigenvalue weighted by molar-refractivity contribution is 8.01. The number of carbonyl (C=O) groups is 2. The third-order valence-corrected chi connectivity index (χ3v) is 4.22. The molecule has 1 amide bonds. The van der Waals surface area contributed by atoms with Crippen molar-refractivity contribution in [2.75, 3.05) is 11.1 Å². The number of rotatable bonds is 5. The molecular weight excluding hydrogens is 322 g/mol. The normalized spacial score (nSPS) is 10.2. The van der Waals surface area contributed by atoms with Gasteiger partial charge in [-0.1, -0.05) is 40.8 Å². The predicted molar refractivity (Wildman–Crippen MR) is 77.7 cm³/mol. The molecule has 2 rings (SSSR count). The molecule has 9 heteroatoms. The molecule has 2 N–H and O–H groups in total. The lowest BCUT2D eigenvalue weighted by Crippen LogP contribution is -2.11. The van der Waals surface area contributed by atoms with Crippen LogP contribution < -0.4 is 5.32 Å². The molecule has 0 aliphatic heterocycles. The van der Waals surface area contributed by atoms with Crippen LogP contribution in [0.3, 0.4) is 0 Å². The van der Waals surface area contributed by atoms with Crippen molar-refractivity contribution < 1.29 is 14.7 Å². The van der Waals surface area contributed by atoms with E-state index < -0.39 is 5.97 Å². The van der Waals surface area contributed by atoms with Gasteiger partial charge in [0.2, 0.25) is 5.13 Å². The van der Waals surface area contributed by atoms with Crippen LogP contribution in [0.25, 0.3) is 0 Å². The molecule has 0 spiro atoms. The Balaban J connectivity index is 1.99. The second-order valence-corrected chi connectivity index (χ2v) is 6.16. The van der Waals surface area contributed by atoms with E-state index in [0.29, 0.717) is 20.1 Å². The Morgan fingerprint density at radius 2 is 2.20 bits per heavy atom. The molecule has 0 aliphatic rings. The summed E-state index contributed by atoms with van der Waals surface area (Å²) in [7, 11) is 0. The van der Waals surface area contributed by atoms with Gasteiger partial charge in [-0.2, -0.15) is 0 Å². The first-order chi connectivity index (χ1) is 9.54. The maximum atomic E-state index is 11.9. The lowest BCUT2D eigenvalue weighted by Gasteiger charge is -2.00. The number of carboxylic acid groups (broad SMARTS) is 1. The summed E-state index contributed by atoms with van der Waals surface area (Å²) in [6.07, 6.45) is 0. The van der Waals surface area contributed by atoms with E-state index in [1.807, 2.05) is 0 Å². The number of aromatic nitrogens is 2. The van der Waals surface area contributed by atoms with Gasteiger partial charge in [0.25, 0.3) is 5.91 Å². The smallest absolute Gasteiger partial charge is 0.313 e. The highest BCUT2D eigenvalue weighted by Gasteiger charge is 2.11. The van der Waals surface area contributed by atoms with Crippen molar-refractivity contribution in [3.8, 4) is 0 Å². The van der Waals surface area contributed by atoms with Crippen molar-refractivity contribution in [1.29, 1.82) is 0 Å². The minimum absolute atomic E-state index is 0.100. The number of aliphatic carboxylic acids is 1. The third-order valence-electron chi connectivity index (χ3n) is 2.03. The van der Waals surface area contributed by atoms with Gasteiger partial charge in [-0.3, -0.25) is 14.9 Å². The number of carboxylic acids is 1. The molecule has 2 aromatic rings. The van der Waals surface area contributed by atoms with Crippen LogP contribution in [0.5, 0.6) is 0 Å². The molecule has 6 nitrogen and oxygen atoms in total. The molecule has 0 saturated carbocycles. The maximum Gasteiger partial charge on any atom is 0.313 e. The number of amides is 1. The van der Waals surface area contributed by atoms with Crippen LogP contribution in [-0.4, -0.2) is 32.9 Å². The van der Waals surface area contributed by atoms with Gasteiger partial charge in [0, 0.05) is 10.6 Å². The Bertz CT molecular complexity index is 647. The van der Waals surface area contributed by atoms with E-state index in [0.717, 1.165) is 23.1 Å². The molecule has 0 radical (unpaired) electrons. The van der Waals surface area contributed by atoms with E-state index in [1.165, 1.54) is 6.07 Å². The summed E-state index contributed by atoms with van der Waals surface area (Å²) in [5.41, 5.74) is 0.410. The zero-order chi connectivity index (χ0) is 14.5. The number of thioether (sulfide) groups is 1. The minimum atomic E-state index is -0.935. The average molecular weight is 330 g/mol. The summed E-state index contributed by atoms with van der Waals surface area (Å²) in [5.74, 6) is -1.38. The van der Waals surface area contributed by atoms with Crippen molar-refractivity contribution in [3.63, 3.8) is 0 Å². The fourth-order valence-corrected chi connectivity index (χ4v) is 2.90. The Labute approximate surface area is 127 Å². The maximum absolute atomic E-state index is 11.9. The molecule has 0 bridgehead atoms. The summed E-state index contributed by atoms with van der Waals surface area (Å²) in [5, 5.41) is 19.5. The van der Waals surface area contributed by atoms with Crippen LogP contribution >= 0.6 is 34.7 Å². The van der Waals surface area contributed by atoms with Crippen molar-refractivity contribution >= 4 is 51.7 Å². The topological polar surface area (TPSA) is 92.2 Å². The van der Waals surface area contributed by atoms with Crippen molar-refractivity contribution in [2.45, 2.75) is 4.34 Å². The predicted octanol–water partition coefficient (Wildman–Crippen LogP) is 2.62. The zero-order valence-corrected chi connectivity index (χ0v) is 12.3. The van der Waals surface area contributed by atoms with Crippen LogP contribution in [0.1, 0.15) is 10.4 Å². The van der Waals surface area contributed by atoms with E-state index in [9.17, 15) is 9.59 Å². The zero-order valence-electron chi connectivity index (χ0n) is 9.87. The summed E-state index contributed by atoms with van der Waals surface area (Å²) in [6.45, 7) is 0. The summed E-state index contributed by atoms with van der Waals surface area (Å²) >= 11 is 7.96. The van der Waals surface area contributed by atoms with Crippen LogP contribution in [0.2, 0.25) is 5.02 Å². The second-order valence-electron chi connectivity index (χ2n) is 3.52. The largest absolute Gasteiger partial charge is 0.481 e. The first-order valence-electron chi connectivity index (χ1n) is 5.29. The number of anilines is 1. The van der Waals surface area contributed by atoms with Crippen molar-refractivity contribution in [2.24, 2.45) is 0 Å². The first-order valence-corrected chi connectivity index (χ1v) is 7.47. The van der Waals surface area contributed by atoms with Crippen LogP contribution in [0.15, 0.2) is 28.6 Å². The molecule has 0 fully saturated rings. The molecule has 1 heterocycles. The van der Waals surface area contributed by atoms with Crippen molar-refractivity contribution in [3.05, 3.63) is 34.9 Å². The van der Waals surface area contributed by atoms with Gasteiger partial charge < -0.3 is 5.11 Å². The number of hydrogen-bond acceptors (Lipinski definition) is 6. The number of benzene rings is 1. The third kappa shape index (κ3) is 4.19. The Hall–Kier alpha value is -1.64. The van der Waals surface area contributed by atoms with Crippen LogP contribution in [0.4, 0.5) is 5.13 Å². The van der Waals surface area contributed by atoms with Crippen LogP contribution in [0, 0.1) is 0 Å². The van der Waals surface area contributed by atoms with Gasteiger partial charge in [0.05, 0.1) is 5.75 Å². The second kappa shape index (κ2) is 6.69. The molecular formula is C11H8ClN3O3S2. The van der Waals surface area contributed by atoms with Crippen LogP contribution in [-0.2, 0) is 4.79 Å². The minimum Gasteiger partial charge on any atom is -0.481 e. The average Bonchev–Trinajstić information content (AvgIpc) is 2.84. The fourth-order valence-electron chi connectivity index (χ4n) is 1.24. The number of halogens is 1. The lowest BCUT2D eigenvalue weighted by molar-refractivity contribution is -0.133. The number of nitrogens with one attached hydrogen (secondary N) is 1. The molecule has 0 atom stereocenters. The standard InChI is InChI=1S/C11H8ClN3O3S2/c12-7-3-1-2-6(4-7)9(18)13-10-14-15-11(20-10)19-5-8(16)17/h1-4H,5H2,(H,16,17)(H,13,14,18). The summed E-state index contributed by atoms with van der Waals surface area (Å²) < 4.78 is 0.480. The quantitative estimate of drug-likeness (QED) is 0.647. The number of carbonyl (C=O) groups excluding carboxylic acids is 1. The van der Waals surface area contributed by atoms with E-state index >= 15 is 0 Å². The first kappa shape index (κ1) is 14.8. The highest BCUT2D eigenvalue weighted by Crippen LogP contribution is 2.25. The molecule has 0 aliphatic carbocycles. The highest BCUT2D eigenvalue weighted by atomic mass is 35.5. The fraction of sp³-hybridized carbons (Fsp3) is 0.0909. The Morgan fingerprint density at radius 3 is 2.90 bits per heavy atom. The number of hydrogen-bond donors (Lipinski definition) is 2. The Morgan fingerprint density at radius 1 is 1.40 bits per heavy atom. The molecule has 0 unspecified atom stereocenters. The summed E-state index contributed by atoms with van der Waals surface area (Å²) in [6, 6.07) is 6.51. The monoisotopic (exact) mass is 329 g/mol.